The number of H-pyrrole nitrogens is 1. The monoisotopic (exact) mass is 306 g/mol. The number of hydrogen-bond acceptors (Lipinski definition) is 4. The number of benzene rings is 2. The molecule has 0 unspecified atom stereocenters. The van der Waals surface area contributed by atoms with Gasteiger partial charge in [-0.15, -0.1) is 0 Å². The first-order chi connectivity index (χ1) is 11.0. The highest BCUT2D eigenvalue weighted by atomic mass is 16.4. The largest absolute Gasteiger partial charge is 0.545 e. The molecule has 0 spiro atoms. The fourth-order valence-corrected chi connectivity index (χ4v) is 2.35. The van der Waals surface area contributed by atoms with Crippen molar-refractivity contribution in [2.45, 2.75) is 0 Å². The van der Waals surface area contributed by atoms with Gasteiger partial charge in [0.05, 0.1) is 17.0 Å². The van der Waals surface area contributed by atoms with Crippen LogP contribution < -0.4 is 10.0 Å². The molecule has 3 rings (SSSR count). The van der Waals surface area contributed by atoms with Crippen LogP contribution >= 0.6 is 0 Å². The molecule has 0 saturated carbocycles. The molecular weight excluding hydrogens is 290 g/mol. The van der Waals surface area contributed by atoms with Gasteiger partial charge in [0.25, 0.3) is 0 Å². The standard InChI is InChI=1S/C18H17N3O2/c1-21(2)13-9-6-12(7-10-13)8-11-16-19-15-5-3-4-14(18(22)23)17(15)20-16/h3-11H,1-2H3,(H,19,20)(H,22,23)/p-1/b11-8+. The summed E-state index contributed by atoms with van der Waals surface area (Å²) in [6.45, 7) is 0. The quantitative estimate of drug-likeness (QED) is 0.802. The van der Waals surface area contributed by atoms with E-state index in [1.54, 1.807) is 12.1 Å². The lowest BCUT2D eigenvalue weighted by molar-refractivity contribution is -0.254. The number of hydrogen-bond donors (Lipinski definition) is 1. The molecule has 0 saturated heterocycles. The molecule has 0 atom stereocenters. The summed E-state index contributed by atoms with van der Waals surface area (Å²) in [5.41, 5.74) is 3.35. The predicted molar refractivity (Wildman–Crippen MR) is 90.1 cm³/mol. The van der Waals surface area contributed by atoms with E-state index >= 15 is 0 Å². The zero-order chi connectivity index (χ0) is 16.4. The van der Waals surface area contributed by atoms with Crippen molar-refractivity contribution in [1.82, 2.24) is 9.97 Å². The molecular formula is C18H16N3O2-. The summed E-state index contributed by atoms with van der Waals surface area (Å²) in [4.78, 5) is 20.6. The Hall–Kier alpha value is -3.08. The third-order valence-corrected chi connectivity index (χ3v) is 3.59. The minimum Gasteiger partial charge on any atom is -0.545 e. The van der Waals surface area contributed by atoms with Gasteiger partial charge >= 0.3 is 0 Å². The lowest BCUT2D eigenvalue weighted by Gasteiger charge is -2.11. The Morgan fingerprint density at radius 2 is 1.87 bits per heavy atom. The summed E-state index contributed by atoms with van der Waals surface area (Å²) < 4.78 is 0. The first kappa shape index (κ1) is 14.8. The van der Waals surface area contributed by atoms with Crippen LogP contribution in [0.2, 0.25) is 0 Å². The van der Waals surface area contributed by atoms with Crippen LogP contribution in [-0.2, 0) is 0 Å². The Bertz CT molecular complexity index is 877. The third kappa shape index (κ3) is 3.08. The van der Waals surface area contributed by atoms with Crippen molar-refractivity contribution in [2.24, 2.45) is 0 Å². The normalized spacial score (nSPS) is 11.2. The van der Waals surface area contributed by atoms with Crippen LogP contribution in [0.4, 0.5) is 5.69 Å². The first-order valence-corrected chi connectivity index (χ1v) is 7.20. The summed E-state index contributed by atoms with van der Waals surface area (Å²) >= 11 is 0. The lowest BCUT2D eigenvalue weighted by atomic mass is 10.2. The number of para-hydroxylation sites is 1. The van der Waals surface area contributed by atoms with Crippen LogP contribution in [0, 0.1) is 0 Å². The number of nitrogens with zero attached hydrogens (tertiary/aromatic N) is 2. The molecule has 1 heterocycles. The lowest BCUT2D eigenvalue weighted by Crippen LogP contribution is -2.22. The highest BCUT2D eigenvalue weighted by molar-refractivity contribution is 6.00. The summed E-state index contributed by atoms with van der Waals surface area (Å²) in [5.74, 6) is -0.623. The summed E-state index contributed by atoms with van der Waals surface area (Å²) in [6.07, 6.45) is 3.75. The number of anilines is 1. The maximum atomic E-state index is 11.1. The Morgan fingerprint density at radius 1 is 1.13 bits per heavy atom. The number of fused-ring (bicyclic) bond motifs is 1. The van der Waals surface area contributed by atoms with Gasteiger partial charge in [0.2, 0.25) is 0 Å². The molecule has 0 radical (unpaired) electrons. The van der Waals surface area contributed by atoms with Gasteiger partial charge in [0.1, 0.15) is 5.82 Å². The van der Waals surface area contributed by atoms with Crippen LogP contribution in [0.5, 0.6) is 0 Å². The second kappa shape index (κ2) is 5.96. The Kier molecular flexibility index (Phi) is 3.85. The molecule has 5 heteroatoms. The molecule has 0 fully saturated rings. The molecule has 5 nitrogen and oxygen atoms in total. The molecule has 0 aliphatic carbocycles. The fraction of sp³-hybridized carbons (Fsp3) is 0.111. The average Bonchev–Trinajstić information content (AvgIpc) is 2.95. The minimum atomic E-state index is -1.23. The number of carboxylic acids is 1. The van der Waals surface area contributed by atoms with Crippen LogP contribution in [0.15, 0.2) is 42.5 Å². The van der Waals surface area contributed by atoms with Crippen molar-refractivity contribution in [3.8, 4) is 0 Å². The van der Waals surface area contributed by atoms with Crippen molar-refractivity contribution in [3.63, 3.8) is 0 Å². The predicted octanol–water partition coefficient (Wildman–Crippen LogP) is 2.16. The number of carbonyl (C=O) groups excluding carboxylic acids is 1. The highest BCUT2D eigenvalue weighted by Gasteiger charge is 2.06. The third-order valence-electron chi connectivity index (χ3n) is 3.59. The zero-order valence-electron chi connectivity index (χ0n) is 12.9. The molecule has 0 amide bonds. The SMILES string of the molecule is CN(C)c1ccc(/C=C/c2nc3c(C(=O)[O-])cccc3[nH]2)cc1. The van der Waals surface area contributed by atoms with Crippen LogP contribution in [0.3, 0.4) is 0 Å². The molecule has 0 aliphatic rings. The fourth-order valence-electron chi connectivity index (χ4n) is 2.35. The van der Waals surface area contributed by atoms with Gasteiger partial charge in [0, 0.05) is 25.3 Å². The van der Waals surface area contributed by atoms with Gasteiger partial charge in [-0.25, -0.2) is 4.98 Å². The van der Waals surface area contributed by atoms with Gasteiger partial charge in [-0.2, -0.15) is 0 Å². The molecule has 23 heavy (non-hydrogen) atoms. The summed E-state index contributed by atoms with van der Waals surface area (Å²) in [7, 11) is 3.99. The van der Waals surface area contributed by atoms with Gasteiger partial charge in [-0.05, 0) is 29.8 Å². The zero-order valence-corrected chi connectivity index (χ0v) is 12.9. The van der Waals surface area contributed by atoms with Gasteiger partial charge in [-0.1, -0.05) is 30.3 Å². The van der Waals surface area contributed by atoms with Gasteiger partial charge in [-0.3, -0.25) is 0 Å². The van der Waals surface area contributed by atoms with E-state index in [2.05, 4.69) is 9.97 Å². The van der Waals surface area contributed by atoms with E-state index in [0.717, 1.165) is 11.3 Å². The average molecular weight is 306 g/mol. The Balaban J connectivity index is 1.89. The second-order valence-corrected chi connectivity index (χ2v) is 5.43. The topological polar surface area (TPSA) is 72.1 Å². The van der Waals surface area contributed by atoms with E-state index in [0.29, 0.717) is 16.9 Å². The number of aromatic carboxylic acids is 1. The molecule has 3 aromatic rings. The van der Waals surface area contributed by atoms with E-state index < -0.39 is 5.97 Å². The number of nitrogens with one attached hydrogen (secondary N) is 1. The maximum absolute atomic E-state index is 11.1. The van der Waals surface area contributed by atoms with Crippen LogP contribution in [0.25, 0.3) is 23.2 Å². The van der Waals surface area contributed by atoms with E-state index in [1.807, 2.05) is 55.4 Å². The molecule has 0 aliphatic heterocycles. The van der Waals surface area contributed by atoms with E-state index in [9.17, 15) is 9.90 Å². The summed E-state index contributed by atoms with van der Waals surface area (Å²) in [5, 5.41) is 11.1. The summed E-state index contributed by atoms with van der Waals surface area (Å²) in [6, 6.07) is 13.0. The van der Waals surface area contributed by atoms with E-state index in [1.165, 1.54) is 6.07 Å². The first-order valence-electron chi connectivity index (χ1n) is 7.20. The Morgan fingerprint density at radius 3 is 2.52 bits per heavy atom. The minimum absolute atomic E-state index is 0.0914. The number of aromatic nitrogens is 2. The molecule has 116 valence electrons. The molecule has 2 aromatic carbocycles. The molecule has 1 aromatic heterocycles. The van der Waals surface area contributed by atoms with Crippen LogP contribution in [0.1, 0.15) is 21.7 Å². The Labute approximate surface area is 133 Å². The number of rotatable bonds is 4. The second-order valence-electron chi connectivity index (χ2n) is 5.43. The van der Waals surface area contributed by atoms with E-state index in [4.69, 9.17) is 0 Å². The molecule has 0 bridgehead atoms. The van der Waals surface area contributed by atoms with Crippen molar-refractivity contribution < 1.29 is 9.90 Å². The van der Waals surface area contributed by atoms with Gasteiger partial charge in [0.15, 0.2) is 0 Å². The van der Waals surface area contributed by atoms with Crippen molar-refractivity contribution in [1.29, 1.82) is 0 Å². The smallest absolute Gasteiger partial charge is 0.131 e. The van der Waals surface area contributed by atoms with Crippen LogP contribution in [-0.4, -0.2) is 30.0 Å². The number of imidazole rings is 1. The maximum Gasteiger partial charge on any atom is 0.131 e. The van der Waals surface area contributed by atoms with E-state index in [-0.39, 0.29) is 5.56 Å². The van der Waals surface area contributed by atoms with Crippen molar-refractivity contribution in [2.75, 3.05) is 19.0 Å². The number of carboxylic acid groups (broad SMARTS) is 1. The highest BCUT2D eigenvalue weighted by Crippen LogP contribution is 2.18. The number of aromatic amines is 1. The van der Waals surface area contributed by atoms with Crippen molar-refractivity contribution in [3.05, 3.63) is 59.4 Å². The van der Waals surface area contributed by atoms with Crippen molar-refractivity contribution >= 4 is 34.8 Å². The number of carbonyl (C=O) groups is 1. The molecule has 1 N–H and O–H groups in total. The van der Waals surface area contributed by atoms with Gasteiger partial charge < -0.3 is 19.8 Å².